The fraction of sp³-hybridized carbons (Fsp3) is 0.417. The molecule has 1 unspecified atom stereocenters. The molecule has 18 heavy (non-hydrogen) atoms. The van der Waals surface area contributed by atoms with Gasteiger partial charge in [0, 0.05) is 19.3 Å². The molecule has 1 aromatic carbocycles. The van der Waals surface area contributed by atoms with Crippen molar-refractivity contribution >= 4 is 11.6 Å². The fourth-order valence-corrected chi connectivity index (χ4v) is 1.52. The summed E-state index contributed by atoms with van der Waals surface area (Å²) in [5, 5.41) is 11.8. The van der Waals surface area contributed by atoms with Gasteiger partial charge < -0.3 is 20.9 Å². The third-order valence-electron chi connectivity index (χ3n) is 2.38. The van der Waals surface area contributed by atoms with E-state index in [0.717, 1.165) is 0 Å². The van der Waals surface area contributed by atoms with Crippen LogP contribution in [0.5, 0.6) is 0 Å². The van der Waals surface area contributed by atoms with Gasteiger partial charge in [-0.3, -0.25) is 4.79 Å². The minimum Gasteiger partial charge on any atom is -0.399 e. The van der Waals surface area contributed by atoms with Crippen molar-refractivity contribution < 1.29 is 19.0 Å². The van der Waals surface area contributed by atoms with Gasteiger partial charge in [-0.05, 0) is 24.6 Å². The Morgan fingerprint density at radius 1 is 1.61 bits per heavy atom. The molecule has 1 aromatic rings. The molecule has 0 saturated heterocycles. The Morgan fingerprint density at radius 3 is 2.89 bits per heavy atom. The largest absolute Gasteiger partial charge is 0.399 e. The van der Waals surface area contributed by atoms with Crippen LogP contribution in [0, 0.1) is 12.7 Å². The highest BCUT2D eigenvalue weighted by Gasteiger charge is 2.15. The van der Waals surface area contributed by atoms with E-state index in [1.807, 2.05) is 0 Å². The Bertz CT molecular complexity index is 438. The van der Waals surface area contributed by atoms with Crippen molar-refractivity contribution in [3.8, 4) is 0 Å². The van der Waals surface area contributed by atoms with E-state index < -0.39 is 17.8 Å². The number of hydrogen-bond acceptors (Lipinski definition) is 4. The number of anilines is 1. The second-order valence-electron chi connectivity index (χ2n) is 4.02. The van der Waals surface area contributed by atoms with Gasteiger partial charge >= 0.3 is 0 Å². The highest BCUT2D eigenvalue weighted by Crippen LogP contribution is 2.16. The number of carbonyl (C=O) groups excluding carboxylic acids is 1. The second-order valence-corrected chi connectivity index (χ2v) is 4.02. The van der Waals surface area contributed by atoms with Gasteiger partial charge in [-0.15, -0.1) is 0 Å². The second kappa shape index (κ2) is 6.32. The van der Waals surface area contributed by atoms with Crippen molar-refractivity contribution in [2.24, 2.45) is 0 Å². The van der Waals surface area contributed by atoms with Crippen LogP contribution in [-0.4, -0.2) is 37.4 Å². The van der Waals surface area contributed by atoms with Crippen LogP contribution < -0.4 is 11.1 Å². The zero-order chi connectivity index (χ0) is 13.7. The van der Waals surface area contributed by atoms with Crippen LogP contribution in [0.15, 0.2) is 12.1 Å². The van der Waals surface area contributed by atoms with Gasteiger partial charge in [-0.25, -0.2) is 4.39 Å². The summed E-state index contributed by atoms with van der Waals surface area (Å²) in [7, 11) is 1.44. The lowest BCUT2D eigenvalue weighted by Crippen LogP contribution is -2.34. The average Bonchev–Trinajstić information content (AvgIpc) is 2.31. The number of aliphatic hydroxyl groups is 1. The van der Waals surface area contributed by atoms with E-state index in [4.69, 9.17) is 10.5 Å². The van der Waals surface area contributed by atoms with E-state index >= 15 is 0 Å². The quantitative estimate of drug-likeness (QED) is 0.668. The molecule has 0 bridgehead atoms. The molecule has 1 rings (SSSR count). The number of aliphatic hydroxyl groups excluding tert-OH is 1. The highest BCUT2D eigenvalue weighted by molar-refractivity contribution is 5.95. The Balaban J connectivity index is 2.73. The van der Waals surface area contributed by atoms with E-state index in [1.54, 1.807) is 0 Å². The summed E-state index contributed by atoms with van der Waals surface area (Å²) < 4.78 is 18.4. The number of aryl methyl sites for hydroxylation is 1. The number of halogens is 1. The maximum Gasteiger partial charge on any atom is 0.254 e. The predicted molar refractivity (Wildman–Crippen MR) is 65.8 cm³/mol. The number of nitrogens with one attached hydrogen (secondary N) is 1. The minimum absolute atomic E-state index is 0.0139. The van der Waals surface area contributed by atoms with Crippen LogP contribution in [-0.2, 0) is 4.74 Å². The number of nitrogen functional groups attached to an aromatic ring is 1. The van der Waals surface area contributed by atoms with Gasteiger partial charge in [-0.1, -0.05) is 0 Å². The monoisotopic (exact) mass is 256 g/mol. The van der Waals surface area contributed by atoms with Crippen LogP contribution in [0.3, 0.4) is 0 Å². The first-order valence-corrected chi connectivity index (χ1v) is 5.46. The van der Waals surface area contributed by atoms with E-state index in [0.29, 0.717) is 11.3 Å². The van der Waals surface area contributed by atoms with Gasteiger partial charge in [-0.2, -0.15) is 0 Å². The lowest BCUT2D eigenvalue weighted by Gasteiger charge is -2.12. The smallest absolute Gasteiger partial charge is 0.254 e. The van der Waals surface area contributed by atoms with Crippen molar-refractivity contribution in [3.05, 3.63) is 29.1 Å². The Kier molecular flexibility index (Phi) is 5.06. The predicted octanol–water partition coefficient (Wildman–Crippen LogP) is 0.453. The summed E-state index contributed by atoms with van der Waals surface area (Å²) in [6.07, 6.45) is -0.829. The Hall–Kier alpha value is -1.66. The van der Waals surface area contributed by atoms with Crippen LogP contribution in [0.4, 0.5) is 10.1 Å². The van der Waals surface area contributed by atoms with Crippen molar-refractivity contribution in [2.45, 2.75) is 13.0 Å². The van der Waals surface area contributed by atoms with Gasteiger partial charge in [0.25, 0.3) is 5.91 Å². The molecule has 0 radical (unpaired) electrons. The summed E-state index contributed by atoms with van der Waals surface area (Å²) >= 11 is 0. The molecule has 100 valence electrons. The van der Waals surface area contributed by atoms with Crippen LogP contribution in [0.25, 0.3) is 0 Å². The maximum atomic E-state index is 13.7. The zero-order valence-corrected chi connectivity index (χ0v) is 10.4. The number of hydrogen-bond donors (Lipinski definition) is 3. The zero-order valence-electron chi connectivity index (χ0n) is 10.4. The van der Waals surface area contributed by atoms with Crippen molar-refractivity contribution in [1.29, 1.82) is 0 Å². The topological polar surface area (TPSA) is 84.6 Å². The number of rotatable bonds is 5. The molecule has 5 nitrogen and oxygen atoms in total. The lowest BCUT2D eigenvalue weighted by atomic mass is 10.1. The fourth-order valence-electron chi connectivity index (χ4n) is 1.52. The van der Waals surface area contributed by atoms with Crippen molar-refractivity contribution in [2.75, 3.05) is 26.0 Å². The summed E-state index contributed by atoms with van der Waals surface area (Å²) in [5.41, 5.74) is 6.05. The number of benzene rings is 1. The standard InChI is InChI=1S/C12H17FN2O3/c1-7-3-8(14)4-10(11(7)13)12(17)15-5-9(16)6-18-2/h3-4,9,16H,5-6,14H2,1-2H3,(H,15,17). The summed E-state index contributed by atoms with van der Waals surface area (Å²) in [6.45, 7) is 1.61. The first-order valence-electron chi connectivity index (χ1n) is 5.46. The average molecular weight is 256 g/mol. The van der Waals surface area contributed by atoms with Crippen LogP contribution in [0.2, 0.25) is 0 Å². The molecule has 0 aliphatic rings. The van der Waals surface area contributed by atoms with Gasteiger partial charge in [0.15, 0.2) is 0 Å². The van der Waals surface area contributed by atoms with Crippen molar-refractivity contribution in [1.82, 2.24) is 5.32 Å². The van der Waals surface area contributed by atoms with E-state index in [1.165, 1.54) is 26.2 Å². The first kappa shape index (κ1) is 14.4. The number of carbonyl (C=O) groups is 1. The number of methoxy groups -OCH3 is 1. The highest BCUT2D eigenvalue weighted by atomic mass is 19.1. The normalized spacial score (nSPS) is 12.2. The number of ether oxygens (including phenoxy) is 1. The molecule has 0 aliphatic carbocycles. The first-order chi connectivity index (χ1) is 8.45. The molecule has 0 fully saturated rings. The molecule has 0 spiro atoms. The van der Waals surface area contributed by atoms with Gasteiger partial charge in [0.1, 0.15) is 5.82 Å². The minimum atomic E-state index is -0.829. The Morgan fingerprint density at radius 2 is 2.28 bits per heavy atom. The van der Waals surface area contributed by atoms with Crippen LogP contribution in [0.1, 0.15) is 15.9 Å². The third kappa shape index (κ3) is 3.68. The molecule has 6 heteroatoms. The molecule has 0 heterocycles. The van der Waals surface area contributed by atoms with E-state index in [9.17, 15) is 14.3 Å². The summed E-state index contributed by atoms with van der Waals surface area (Å²) in [6, 6.07) is 2.71. The third-order valence-corrected chi connectivity index (χ3v) is 2.38. The SMILES string of the molecule is COCC(O)CNC(=O)c1cc(N)cc(C)c1F. The van der Waals surface area contributed by atoms with Crippen LogP contribution >= 0.6 is 0 Å². The van der Waals surface area contributed by atoms with Gasteiger partial charge in [0.05, 0.1) is 18.3 Å². The molecule has 0 saturated carbocycles. The molecule has 0 aromatic heterocycles. The maximum absolute atomic E-state index is 13.7. The lowest BCUT2D eigenvalue weighted by molar-refractivity contribution is 0.0609. The Labute approximate surface area is 105 Å². The number of amides is 1. The summed E-state index contributed by atoms with van der Waals surface area (Å²) in [5.74, 6) is -1.22. The molecular weight excluding hydrogens is 239 g/mol. The molecule has 1 atom stereocenters. The summed E-state index contributed by atoms with van der Waals surface area (Å²) in [4.78, 5) is 11.7. The number of nitrogens with two attached hydrogens (primary N) is 1. The molecular formula is C12H17FN2O3. The van der Waals surface area contributed by atoms with E-state index in [2.05, 4.69) is 5.32 Å². The van der Waals surface area contributed by atoms with Crippen molar-refractivity contribution in [3.63, 3.8) is 0 Å². The molecule has 1 amide bonds. The van der Waals surface area contributed by atoms with E-state index in [-0.39, 0.29) is 18.7 Å². The molecule has 0 aliphatic heterocycles. The van der Waals surface area contributed by atoms with Gasteiger partial charge in [0.2, 0.25) is 0 Å². The molecule has 4 N–H and O–H groups in total.